The van der Waals surface area contributed by atoms with Crippen molar-refractivity contribution < 1.29 is 14.4 Å². The first kappa shape index (κ1) is 20.3. The number of anilines is 1. The molecule has 0 fully saturated rings. The Morgan fingerprint density at radius 2 is 1.70 bits per heavy atom. The van der Waals surface area contributed by atoms with Gasteiger partial charge < -0.3 is 5.32 Å². The minimum absolute atomic E-state index is 0.0189. The molecule has 0 bridgehead atoms. The lowest BCUT2D eigenvalue weighted by Crippen LogP contribution is -2.48. The smallest absolute Gasteiger partial charge is 0.250 e. The minimum atomic E-state index is -0.427. The van der Waals surface area contributed by atoms with E-state index in [1.807, 2.05) is 23.6 Å². The number of hydrogen-bond acceptors (Lipinski definition) is 5. The summed E-state index contributed by atoms with van der Waals surface area (Å²) in [7, 11) is 0. The van der Waals surface area contributed by atoms with Crippen LogP contribution in [0.3, 0.4) is 0 Å². The highest BCUT2D eigenvalue weighted by atomic mass is 32.1. The molecule has 0 unspecified atom stereocenters. The molecule has 9 heteroatoms. The van der Waals surface area contributed by atoms with Crippen LogP contribution in [-0.2, 0) is 14.4 Å². The Morgan fingerprint density at radius 3 is 2.41 bits per heavy atom. The van der Waals surface area contributed by atoms with E-state index in [0.717, 1.165) is 4.88 Å². The molecule has 1 aromatic carbocycles. The van der Waals surface area contributed by atoms with E-state index in [9.17, 15) is 14.4 Å². The van der Waals surface area contributed by atoms with Crippen LogP contribution >= 0.6 is 23.6 Å². The fraction of sp³-hybridized carbons (Fsp3) is 0.111. The molecule has 140 valence electrons. The van der Waals surface area contributed by atoms with Gasteiger partial charge in [-0.25, -0.2) is 0 Å². The predicted molar refractivity (Wildman–Crippen MR) is 110 cm³/mol. The second kappa shape index (κ2) is 10.8. The van der Waals surface area contributed by atoms with Crippen molar-refractivity contribution >= 4 is 58.2 Å². The number of para-hydroxylation sites is 1. The molecule has 2 aromatic rings. The second-order valence-electron chi connectivity index (χ2n) is 5.25. The van der Waals surface area contributed by atoms with Gasteiger partial charge in [0, 0.05) is 29.5 Å². The van der Waals surface area contributed by atoms with Crippen LogP contribution in [0, 0.1) is 0 Å². The van der Waals surface area contributed by atoms with Crippen LogP contribution in [0.4, 0.5) is 5.69 Å². The monoisotopic (exact) mass is 402 g/mol. The molecule has 27 heavy (non-hydrogen) atoms. The summed E-state index contributed by atoms with van der Waals surface area (Å²) < 4.78 is 0. The predicted octanol–water partition coefficient (Wildman–Crippen LogP) is 2.20. The standard InChI is InChI=1S/C18H18N4O3S2/c23-15(19-13-5-2-1-3-6-13)10-11-17(25)21-22-18(26)20-16(24)9-8-14-7-4-12-27-14/h1-9,12H,10-11H2,(H,19,23)(H,21,25)(H2,20,22,24,26). The van der Waals surface area contributed by atoms with Crippen molar-refractivity contribution in [3.05, 3.63) is 58.8 Å². The maximum Gasteiger partial charge on any atom is 0.250 e. The van der Waals surface area contributed by atoms with Crippen LogP contribution in [0.25, 0.3) is 6.08 Å². The highest BCUT2D eigenvalue weighted by Gasteiger charge is 2.08. The van der Waals surface area contributed by atoms with Crippen molar-refractivity contribution in [2.45, 2.75) is 12.8 Å². The summed E-state index contributed by atoms with van der Waals surface area (Å²) in [5, 5.41) is 6.94. The number of hydrogen-bond donors (Lipinski definition) is 4. The maximum absolute atomic E-state index is 11.8. The van der Waals surface area contributed by atoms with Crippen molar-refractivity contribution in [1.29, 1.82) is 0 Å². The van der Waals surface area contributed by atoms with E-state index >= 15 is 0 Å². The van der Waals surface area contributed by atoms with Gasteiger partial charge in [-0.3, -0.25) is 30.6 Å². The summed E-state index contributed by atoms with van der Waals surface area (Å²) >= 11 is 6.42. The molecular formula is C18H18N4O3S2. The summed E-state index contributed by atoms with van der Waals surface area (Å²) in [5.41, 5.74) is 5.41. The summed E-state index contributed by atoms with van der Waals surface area (Å²) in [6.07, 6.45) is 2.99. The summed E-state index contributed by atoms with van der Waals surface area (Å²) in [6.45, 7) is 0. The lowest BCUT2D eigenvalue weighted by atomic mass is 10.2. The van der Waals surface area contributed by atoms with Crippen molar-refractivity contribution in [2.75, 3.05) is 5.32 Å². The summed E-state index contributed by atoms with van der Waals surface area (Å²) in [4.78, 5) is 36.1. The van der Waals surface area contributed by atoms with Gasteiger partial charge in [0.25, 0.3) is 0 Å². The highest BCUT2D eigenvalue weighted by molar-refractivity contribution is 7.80. The molecule has 2 rings (SSSR count). The zero-order valence-electron chi connectivity index (χ0n) is 14.2. The fourth-order valence-electron chi connectivity index (χ4n) is 1.89. The van der Waals surface area contributed by atoms with E-state index in [-0.39, 0.29) is 23.9 Å². The zero-order chi connectivity index (χ0) is 19.5. The van der Waals surface area contributed by atoms with Crippen molar-refractivity contribution in [3.63, 3.8) is 0 Å². The van der Waals surface area contributed by atoms with Crippen LogP contribution in [0.5, 0.6) is 0 Å². The first-order valence-electron chi connectivity index (χ1n) is 7.99. The molecule has 0 aliphatic rings. The van der Waals surface area contributed by atoms with Crippen LogP contribution in [0.15, 0.2) is 53.9 Å². The fourth-order valence-corrected chi connectivity index (χ4v) is 2.66. The molecule has 0 saturated carbocycles. The van der Waals surface area contributed by atoms with Gasteiger partial charge in [-0.15, -0.1) is 11.3 Å². The Morgan fingerprint density at radius 1 is 0.963 bits per heavy atom. The number of carbonyl (C=O) groups is 3. The summed E-state index contributed by atoms with van der Waals surface area (Å²) in [5.74, 6) is -1.12. The van der Waals surface area contributed by atoms with Crippen LogP contribution in [0.2, 0.25) is 0 Å². The number of carbonyl (C=O) groups excluding carboxylic acids is 3. The molecule has 4 N–H and O–H groups in total. The lowest BCUT2D eigenvalue weighted by molar-refractivity contribution is -0.124. The van der Waals surface area contributed by atoms with Crippen molar-refractivity contribution in [3.8, 4) is 0 Å². The van der Waals surface area contributed by atoms with Gasteiger partial charge >= 0.3 is 0 Å². The minimum Gasteiger partial charge on any atom is -0.326 e. The molecule has 0 aliphatic heterocycles. The number of thiocarbonyl (C=S) groups is 1. The number of nitrogens with one attached hydrogen (secondary N) is 4. The Labute approximate surface area is 165 Å². The molecule has 0 radical (unpaired) electrons. The number of rotatable bonds is 6. The average Bonchev–Trinajstić information content (AvgIpc) is 3.17. The number of amides is 3. The normalized spacial score (nSPS) is 10.2. The average molecular weight is 403 g/mol. The van der Waals surface area contributed by atoms with Gasteiger partial charge in [-0.05, 0) is 41.9 Å². The van der Waals surface area contributed by atoms with Crippen LogP contribution in [0.1, 0.15) is 17.7 Å². The Balaban J connectivity index is 1.62. The van der Waals surface area contributed by atoms with Crippen LogP contribution in [-0.4, -0.2) is 22.8 Å². The van der Waals surface area contributed by atoms with E-state index in [0.29, 0.717) is 5.69 Å². The van der Waals surface area contributed by atoms with Gasteiger partial charge in [-0.1, -0.05) is 24.3 Å². The Hall–Kier alpha value is -3.04. The van der Waals surface area contributed by atoms with E-state index in [4.69, 9.17) is 12.2 Å². The third kappa shape index (κ3) is 8.25. The first-order chi connectivity index (χ1) is 13.0. The maximum atomic E-state index is 11.8. The number of thiophene rings is 1. The molecule has 1 heterocycles. The molecule has 1 aromatic heterocycles. The lowest BCUT2D eigenvalue weighted by Gasteiger charge is -2.09. The first-order valence-corrected chi connectivity index (χ1v) is 9.28. The molecular weight excluding hydrogens is 384 g/mol. The van der Waals surface area contributed by atoms with E-state index in [1.165, 1.54) is 17.4 Å². The van der Waals surface area contributed by atoms with E-state index < -0.39 is 11.8 Å². The summed E-state index contributed by atoms with van der Waals surface area (Å²) in [6, 6.07) is 12.7. The van der Waals surface area contributed by atoms with Crippen LogP contribution < -0.4 is 21.5 Å². The molecule has 0 aliphatic carbocycles. The highest BCUT2D eigenvalue weighted by Crippen LogP contribution is 2.09. The number of benzene rings is 1. The molecule has 0 spiro atoms. The molecule has 3 amide bonds. The third-order valence-electron chi connectivity index (χ3n) is 3.13. The second-order valence-corrected chi connectivity index (χ2v) is 6.64. The third-order valence-corrected chi connectivity index (χ3v) is 4.17. The SMILES string of the molecule is O=C(C=Cc1cccs1)NC(=S)NNC(=O)CCC(=O)Nc1ccccc1. The topological polar surface area (TPSA) is 99.3 Å². The zero-order valence-corrected chi connectivity index (χ0v) is 15.9. The van der Waals surface area contributed by atoms with E-state index in [2.05, 4.69) is 21.5 Å². The molecule has 7 nitrogen and oxygen atoms in total. The Bertz CT molecular complexity index is 820. The van der Waals surface area contributed by atoms with Gasteiger partial charge in [0.15, 0.2) is 5.11 Å². The van der Waals surface area contributed by atoms with Gasteiger partial charge in [-0.2, -0.15) is 0 Å². The number of hydrazine groups is 1. The van der Waals surface area contributed by atoms with Crippen molar-refractivity contribution in [1.82, 2.24) is 16.2 Å². The molecule has 0 atom stereocenters. The van der Waals surface area contributed by atoms with Gasteiger partial charge in [0.1, 0.15) is 0 Å². The quantitative estimate of drug-likeness (QED) is 0.337. The molecule has 0 saturated heterocycles. The largest absolute Gasteiger partial charge is 0.326 e. The van der Waals surface area contributed by atoms with Gasteiger partial charge in [0.2, 0.25) is 17.7 Å². The van der Waals surface area contributed by atoms with E-state index in [1.54, 1.807) is 30.3 Å². The van der Waals surface area contributed by atoms with Gasteiger partial charge in [0.05, 0.1) is 0 Å². The van der Waals surface area contributed by atoms with Crippen molar-refractivity contribution in [2.24, 2.45) is 0 Å². The Kier molecular flexibility index (Phi) is 8.14.